The fourth-order valence-corrected chi connectivity index (χ4v) is 2.01. The molecule has 3 heteroatoms. The fraction of sp³-hybridized carbons (Fsp3) is 0.727. The highest BCUT2D eigenvalue weighted by Gasteiger charge is 2.16. The number of rotatable bonds is 5. The van der Waals surface area contributed by atoms with E-state index in [9.17, 15) is 0 Å². The average molecular weight is 212 g/mol. The molecule has 1 atom stereocenters. The first-order valence-corrected chi connectivity index (χ1v) is 6.17. The lowest BCUT2D eigenvalue weighted by Gasteiger charge is -2.21. The van der Waals surface area contributed by atoms with Gasteiger partial charge in [-0.15, -0.1) is 11.3 Å². The monoisotopic (exact) mass is 212 g/mol. The van der Waals surface area contributed by atoms with Crippen LogP contribution >= 0.6 is 11.3 Å². The molecule has 1 unspecified atom stereocenters. The molecule has 1 aromatic rings. The van der Waals surface area contributed by atoms with Gasteiger partial charge in [0.15, 0.2) is 0 Å². The Morgan fingerprint density at radius 1 is 1.36 bits per heavy atom. The van der Waals surface area contributed by atoms with E-state index in [4.69, 9.17) is 0 Å². The van der Waals surface area contributed by atoms with Crippen molar-refractivity contribution in [1.29, 1.82) is 0 Å². The van der Waals surface area contributed by atoms with Crippen molar-refractivity contribution in [2.45, 2.75) is 33.7 Å². The Bertz CT molecular complexity index is 242. The van der Waals surface area contributed by atoms with Crippen LogP contribution in [-0.4, -0.2) is 11.5 Å². The predicted octanol–water partition coefficient (Wildman–Crippen LogP) is 3.09. The number of hydrogen-bond acceptors (Lipinski definition) is 3. The number of nitrogens with zero attached hydrogens (tertiary/aromatic N) is 1. The number of hydrogen-bond donors (Lipinski definition) is 1. The molecule has 0 saturated heterocycles. The molecule has 0 spiro atoms. The lowest BCUT2D eigenvalue weighted by Crippen LogP contribution is -2.29. The highest BCUT2D eigenvalue weighted by molar-refractivity contribution is 7.07. The third-order valence-corrected chi connectivity index (χ3v) is 2.79. The number of thiazole rings is 1. The summed E-state index contributed by atoms with van der Waals surface area (Å²) in [5.74, 6) is 1.28. The number of nitrogens with one attached hydrogen (secondary N) is 1. The standard InChI is InChI=1S/C11H20N2S/c1-8(2)5-12-11(9(3)4)10-6-14-7-13-10/h6-9,11-12H,5H2,1-4H3. The molecule has 2 nitrogen and oxygen atoms in total. The Morgan fingerprint density at radius 2 is 2.07 bits per heavy atom. The molecule has 0 bridgehead atoms. The zero-order chi connectivity index (χ0) is 10.6. The Balaban J connectivity index is 2.57. The van der Waals surface area contributed by atoms with E-state index < -0.39 is 0 Å². The third-order valence-electron chi connectivity index (χ3n) is 2.18. The minimum absolute atomic E-state index is 0.406. The van der Waals surface area contributed by atoms with E-state index in [0.29, 0.717) is 17.9 Å². The second-order valence-electron chi connectivity index (χ2n) is 4.44. The first-order valence-electron chi connectivity index (χ1n) is 5.22. The molecular formula is C11H20N2S. The van der Waals surface area contributed by atoms with Crippen molar-refractivity contribution in [3.05, 3.63) is 16.6 Å². The van der Waals surface area contributed by atoms with E-state index in [1.165, 1.54) is 5.69 Å². The van der Waals surface area contributed by atoms with Gasteiger partial charge in [-0.2, -0.15) is 0 Å². The summed E-state index contributed by atoms with van der Waals surface area (Å²) in [7, 11) is 0. The summed E-state index contributed by atoms with van der Waals surface area (Å²) in [5.41, 5.74) is 3.09. The summed E-state index contributed by atoms with van der Waals surface area (Å²) in [6.45, 7) is 9.98. The maximum Gasteiger partial charge on any atom is 0.0795 e. The Hall–Kier alpha value is -0.410. The summed E-state index contributed by atoms with van der Waals surface area (Å²) in [4.78, 5) is 4.37. The van der Waals surface area contributed by atoms with Crippen LogP contribution < -0.4 is 5.32 Å². The topological polar surface area (TPSA) is 24.9 Å². The summed E-state index contributed by atoms with van der Waals surface area (Å²) < 4.78 is 0. The van der Waals surface area contributed by atoms with Crippen molar-refractivity contribution in [2.24, 2.45) is 11.8 Å². The zero-order valence-electron chi connectivity index (χ0n) is 9.45. The maximum atomic E-state index is 4.37. The summed E-state index contributed by atoms with van der Waals surface area (Å²) in [5, 5.41) is 5.70. The van der Waals surface area contributed by atoms with E-state index in [0.717, 1.165) is 6.54 Å². The van der Waals surface area contributed by atoms with Gasteiger partial charge in [-0.3, -0.25) is 0 Å². The van der Waals surface area contributed by atoms with Crippen LogP contribution in [0.15, 0.2) is 10.9 Å². The van der Waals surface area contributed by atoms with Gasteiger partial charge in [-0.1, -0.05) is 27.7 Å². The zero-order valence-corrected chi connectivity index (χ0v) is 10.3. The van der Waals surface area contributed by atoms with Crippen LogP contribution in [0.5, 0.6) is 0 Å². The highest BCUT2D eigenvalue weighted by Crippen LogP contribution is 2.21. The third kappa shape index (κ3) is 3.39. The minimum atomic E-state index is 0.406. The second kappa shape index (κ2) is 5.47. The Labute approximate surface area is 90.8 Å². The smallest absolute Gasteiger partial charge is 0.0795 e. The van der Waals surface area contributed by atoms with Gasteiger partial charge in [0.05, 0.1) is 17.2 Å². The van der Waals surface area contributed by atoms with Gasteiger partial charge in [0.2, 0.25) is 0 Å². The van der Waals surface area contributed by atoms with Gasteiger partial charge >= 0.3 is 0 Å². The van der Waals surface area contributed by atoms with Crippen molar-refractivity contribution >= 4 is 11.3 Å². The van der Waals surface area contributed by atoms with Gasteiger partial charge < -0.3 is 5.32 Å². The fourth-order valence-electron chi connectivity index (χ4n) is 1.42. The van der Waals surface area contributed by atoms with Crippen molar-refractivity contribution < 1.29 is 0 Å². The molecule has 1 N–H and O–H groups in total. The largest absolute Gasteiger partial charge is 0.308 e. The predicted molar refractivity (Wildman–Crippen MR) is 62.5 cm³/mol. The SMILES string of the molecule is CC(C)CNC(c1cscn1)C(C)C. The van der Waals surface area contributed by atoms with Crippen LogP contribution in [0.1, 0.15) is 39.4 Å². The second-order valence-corrected chi connectivity index (χ2v) is 5.16. The van der Waals surface area contributed by atoms with Crippen molar-refractivity contribution in [3.8, 4) is 0 Å². The van der Waals surface area contributed by atoms with Crippen LogP contribution in [0.4, 0.5) is 0 Å². The summed E-state index contributed by atoms with van der Waals surface area (Å²) >= 11 is 1.67. The molecule has 0 saturated carbocycles. The molecule has 14 heavy (non-hydrogen) atoms. The minimum Gasteiger partial charge on any atom is -0.308 e. The van der Waals surface area contributed by atoms with E-state index >= 15 is 0 Å². The molecule has 0 aliphatic rings. The first-order chi connectivity index (χ1) is 6.61. The summed E-state index contributed by atoms with van der Waals surface area (Å²) in [6, 6.07) is 0.406. The van der Waals surface area contributed by atoms with Gasteiger partial charge in [-0.05, 0) is 18.4 Å². The van der Waals surface area contributed by atoms with Crippen LogP contribution in [0.25, 0.3) is 0 Å². The van der Waals surface area contributed by atoms with E-state index in [1.54, 1.807) is 11.3 Å². The molecule has 1 rings (SSSR count). The molecule has 80 valence electrons. The maximum absolute atomic E-state index is 4.37. The first kappa shape index (κ1) is 11.7. The Morgan fingerprint density at radius 3 is 2.50 bits per heavy atom. The molecule has 0 fully saturated rings. The normalized spacial score (nSPS) is 13.9. The lowest BCUT2D eigenvalue weighted by atomic mass is 10.0. The van der Waals surface area contributed by atoms with Crippen LogP contribution in [0.3, 0.4) is 0 Å². The van der Waals surface area contributed by atoms with E-state index in [-0.39, 0.29) is 0 Å². The average Bonchev–Trinajstić information content (AvgIpc) is 2.56. The highest BCUT2D eigenvalue weighted by atomic mass is 32.1. The summed E-state index contributed by atoms with van der Waals surface area (Å²) in [6.07, 6.45) is 0. The van der Waals surface area contributed by atoms with Crippen LogP contribution in [-0.2, 0) is 0 Å². The van der Waals surface area contributed by atoms with Gasteiger partial charge in [0.1, 0.15) is 0 Å². The molecule has 0 aliphatic carbocycles. The molecule has 0 radical (unpaired) electrons. The van der Waals surface area contributed by atoms with Crippen molar-refractivity contribution in [1.82, 2.24) is 10.3 Å². The molecule has 1 aromatic heterocycles. The quantitative estimate of drug-likeness (QED) is 0.811. The Kier molecular flexibility index (Phi) is 4.55. The van der Waals surface area contributed by atoms with Gasteiger partial charge in [0, 0.05) is 5.38 Å². The van der Waals surface area contributed by atoms with Gasteiger partial charge in [-0.25, -0.2) is 4.98 Å². The molecular weight excluding hydrogens is 192 g/mol. The van der Waals surface area contributed by atoms with Crippen LogP contribution in [0, 0.1) is 11.8 Å². The van der Waals surface area contributed by atoms with Crippen molar-refractivity contribution in [3.63, 3.8) is 0 Å². The van der Waals surface area contributed by atoms with E-state index in [2.05, 4.69) is 43.4 Å². The number of aromatic nitrogens is 1. The van der Waals surface area contributed by atoms with Gasteiger partial charge in [0.25, 0.3) is 0 Å². The van der Waals surface area contributed by atoms with Crippen LogP contribution in [0.2, 0.25) is 0 Å². The molecule has 1 heterocycles. The molecule has 0 aliphatic heterocycles. The van der Waals surface area contributed by atoms with Crippen molar-refractivity contribution in [2.75, 3.05) is 6.54 Å². The molecule has 0 amide bonds. The lowest BCUT2D eigenvalue weighted by molar-refractivity contribution is 0.382. The molecule has 0 aromatic carbocycles. The van der Waals surface area contributed by atoms with E-state index in [1.807, 2.05) is 5.51 Å².